The molecular formula is C43H47N5O2. The standard InChI is InChI=1S/C43H47N5O2/c49-43(45-39-18-20-42(21-19-39)50-41-12-5-2-6-13-41)48(40-22-26-46(27-23-40)31-34-8-3-1-4-9-34)33-35-14-16-37(17-15-35)38-11-7-10-36(30-38)32-47-28-24-44-25-29-47/h1-21,30,40,44H,22-29,31-33H2,(H,45,49). The predicted molar refractivity (Wildman–Crippen MR) is 202 cm³/mol. The molecule has 0 unspecified atom stereocenters. The first-order valence-corrected chi connectivity index (χ1v) is 17.9. The van der Waals surface area contributed by atoms with Gasteiger partial charge in [0.2, 0.25) is 0 Å². The number of anilines is 1. The zero-order valence-electron chi connectivity index (χ0n) is 28.7. The third-order valence-electron chi connectivity index (χ3n) is 9.78. The second kappa shape index (κ2) is 16.6. The lowest BCUT2D eigenvalue weighted by Gasteiger charge is -2.38. The van der Waals surface area contributed by atoms with Crippen molar-refractivity contribution in [1.82, 2.24) is 20.0 Å². The summed E-state index contributed by atoms with van der Waals surface area (Å²) < 4.78 is 5.96. The van der Waals surface area contributed by atoms with Crippen LogP contribution < -0.4 is 15.4 Å². The number of urea groups is 1. The maximum atomic E-state index is 14.0. The zero-order valence-corrected chi connectivity index (χ0v) is 28.7. The molecule has 2 saturated heterocycles. The lowest BCUT2D eigenvalue weighted by Crippen LogP contribution is -2.48. The van der Waals surface area contributed by atoms with E-state index in [2.05, 4.69) is 99.3 Å². The highest BCUT2D eigenvalue weighted by molar-refractivity contribution is 5.89. The second-order valence-corrected chi connectivity index (χ2v) is 13.4. The van der Waals surface area contributed by atoms with Gasteiger partial charge in [0.1, 0.15) is 11.5 Å². The van der Waals surface area contributed by atoms with Gasteiger partial charge < -0.3 is 20.3 Å². The Morgan fingerprint density at radius 1 is 0.640 bits per heavy atom. The van der Waals surface area contributed by atoms with Crippen molar-refractivity contribution in [3.63, 3.8) is 0 Å². The summed E-state index contributed by atoms with van der Waals surface area (Å²) in [5.74, 6) is 1.51. The zero-order chi connectivity index (χ0) is 34.0. The summed E-state index contributed by atoms with van der Waals surface area (Å²) in [5, 5.41) is 6.63. The van der Waals surface area contributed by atoms with Crippen molar-refractivity contribution in [3.8, 4) is 22.6 Å². The van der Waals surface area contributed by atoms with Crippen molar-refractivity contribution < 1.29 is 9.53 Å². The number of hydrogen-bond acceptors (Lipinski definition) is 5. The Labute approximate surface area is 296 Å². The average molecular weight is 666 g/mol. The SMILES string of the molecule is O=C(Nc1ccc(Oc2ccccc2)cc1)N(Cc1ccc(-c2cccc(CN3CCNCC3)c2)cc1)C1CCN(Cc2ccccc2)CC1. The minimum absolute atomic E-state index is 0.0760. The predicted octanol–water partition coefficient (Wildman–Crippen LogP) is 8.25. The summed E-state index contributed by atoms with van der Waals surface area (Å²) in [4.78, 5) is 21.1. The number of rotatable bonds is 11. The van der Waals surface area contributed by atoms with Crippen molar-refractivity contribution in [2.24, 2.45) is 0 Å². The quantitative estimate of drug-likeness (QED) is 0.149. The number of hydrogen-bond donors (Lipinski definition) is 2. The van der Waals surface area contributed by atoms with Gasteiger partial charge in [-0.15, -0.1) is 0 Å². The van der Waals surface area contributed by atoms with E-state index in [9.17, 15) is 4.79 Å². The molecule has 0 saturated carbocycles. The molecule has 7 heteroatoms. The highest BCUT2D eigenvalue weighted by Crippen LogP contribution is 2.27. The van der Waals surface area contributed by atoms with E-state index < -0.39 is 0 Å². The molecule has 0 aliphatic carbocycles. The Morgan fingerprint density at radius 3 is 1.98 bits per heavy atom. The molecule has 0 atom stereocenters. The highest BCUT2D eigenvalue weighted by atomic mass is 16.5. The van der Waals surface area contributed by atoms with Crippen LogP contribution in [0.15, 0.2) is 133 Å². The van der Waals surface area contributed by atoms with Gasteiger partial charge in [0, 0.05) is 70.6 Å². The first kappa shape index (κ1) is 33.5. The minimum atomic E-state index is -0.0760. The fourth-order valence-electron chi connectivity index (χ4n) is 7.00. The monoisotopic (exact) mass is 665 g/mol. The molecule has 7 nitrogen and oxygen atoms in total. The maximum absolute atomic E-state index is 14.0. The summed E-state index contributed by atoms with van der Waals surface area (Å²) in [6.45, 7) is 8.66. The number of carbonyl (C=O) groups is 1. The van der Waals surface area contributed by atoms with Crippen molar-refractivity contribution in [2.75, 3.05) is 44.6 Å². The van der Waals surface area contributed by atoms with Gasteiger partial charge in [0.25, 0.3) is 0 Å². The Hall–Kier alpha value is -4.95. The number of amides is 2. The van der Waals surface area contributed by atoms with E-state index in [1.807, 2.05) is 59.5 Å². The molecule has 2 fully saturated rings. The van der Waals surface area contributed by atoms with Gasteiger partial charge in [-0.1, -0.05) is 91.0 Å². The number of benzene rings is 5. The Balaban J connectivity index is 1.03. The summed E-state index contributed by atoms with van der Waals surface area (Å²) in [7, 11) is 0. The molecule has 2 heterocycles. The summed E-state index contributed by atoms with van der Waals surface area (Å²) in [5.41, 5.74) is 6.96. The third kappa shape index (κ3) is 9.18. The van der Waals surface area contributed by atoms with Crippen LogP contribution in [-0.4, -0.2) is 66.0 Å². The summed E-state index contributed by atoms with van der Waals surface area (Å²) >= 11 is 0. The molecule has 50 heavy (non-hydrogen) atoms. The van der Waals surface area contributed by atoms with E-state index in [1.165, 1.54) is 22.3 Å². The number of carbonyl (C=O) groups excluding carboxylic acids is 1. The molecule has 0 radical (unpaired) electrons. The minimum Gasteiger partial charge on any atom is -0.457 e. The molecule has 7 rings (SSSR count). The van der Waals surface area contributed by atoms with Crippen molar-refractivity contribution in [1.29, 1.82) is 0 Å². The molecular weight excluding hydrogens is 619 g/mol. The molecule has 5 aromatic rings. The molecule has 256 valence electrons. The van der Waals surface area contributed by atoms with Gasteiger partial charge in [0.05, 0.1) is 0 Å². The number of nitrogens with zero attached hydrogens (tertiary/aromatic N) is 3. The van der Waals surface area contributed by atoms with Crippen molar-refractivity contribution in [3.05, 3.63) is 150 Å². The number of piperidine rings is 1. The Bertz CT molecular complexity index is 1780. The Kier molecular flexibility index (Phi) is 11.2. The summed E-state index contributed by atoms with van der Waals surface area (Å²) in [6.07, 6.45) is 1.87. The number of para-hydroxylation sites is 1. The van der Waals surface area contributed by atoms with Crippen molar-refractivity contribution in [2.45, 2.75) is 38.5 Å². The molecule has 0 spiro atoms. The number of likely N-dealkylation sites (tertiary alicyclic amines) is 1. The summed E-state index contributed by atoms with van der Waals surface area (Å²) in [6, 6.07) is 45.7. The molecule has 2 N–H and O–H groups in total. The van der Waals surface area contributed by atoms with Crippen LogP contribution in [-0.2, 0) is 19.6 Å². The van der Waals surface area contributed by atoms with Crippen LogP contribution in [0, 0.1) is 0 Å². The van der Waals surface area contributed by atoms with E-state index >= 15 is 0 Å². The van der Waals surface area contributed by atoms with Gasteiger partial charge in [-0.05, 0) is 83.1 Å². The normalized spacial score (nSPS) is 15.8. The van der Waals surface area contributed by atoms with E-state index in [-0.39, 0.29) is 12.1 Å². The van der Waals surface area contributed by atoms with Gasteiger partial charge >= 0.3 is 6.03 Å². The van der Waals surface area contributed by atoms with E-state index in [1.54, 1.807) is 0 Å². The lowest BCUT2D eigenvalue weighted by molar-refractivity contribution is 0.120. The van der Waals surface area contributed by atoms with Crippen LogP contribution in [0.5, 0.6) is 11.5 Å². The molecule has 2 amide bonds. The smallest absolute Gasteiger partial charge is 0.322 e. The molecule has 0 aromatic heterocycles. The number of nitrogens with one attached hydrogen (secondary N) is 2. The van der Waals surface area contributed by atoms with E-state index in [0.29, 0.717) is 6.54 Å². The van der Waals surface area contributed by atoms with Gasteiger partial charge in [-0.2, -0.15) is 0 Å². The van der Waals surface area contributed by atoms with E-state index in [0.717, 1.165) is 87.9 Å². The van der Waals surface area contributed by atoms with Gasteiger partial charge in [0.15, 0.2) is 0 Å². The first-order valence-electron chi connectivity index (χ1n) is 17.9. The van der Waals surface area contributed by atoms with Crippen LogP contribution in [0.2, 0.25) is 0 Å². The van der Waals surface area contributed by atoms with Crippen LogP contribution in [0.25, 0.3) is 11.1 Å². The third-order valence-corrected chi connectivity index (χ3v) is 9.78. The molecule has 0 bridgehead atoms. The maximum Gasteiger partial charge on any atom is 0.322 e. The second-order valence-electron chi connectivity index (χ2n) is 13.4. The fourth-order valence-corrected chi connectivity index (χ4v) is 7.00. The average Bonchev–Trinajstić information content (AvgIpc) is 3.17. The number of ether oxygens (including phenoxy) is 1. The largest absolute Gasteiger partial charge is 0.457 e. The topological polar surface area (TPSA) is 60.1 Å². The van der Waals surface area contributed by atoms with Crippen LogP contribution >= 0.6 is 0 Å². The first-order chi connectivity index (χ1) is 24.6. The molecule has 5 aromatic carbocycles. The molecule has 2 aliphatic rings. The highest BCUT2D eigenvalue weighted by Gasteiger charge is 2.28. The van der Waals surface area contributed by atoms with E-state index in [4.69, 9.17) is 4.74 Å². The van der Waals surface area contributed by atoms with Crippen LogP contribution in [0.3, 0.4) is 0 Å². The van der Waals surface area contributed by atoms with Crippen LogP contribution in [0.4, 0.5) is 10.5 Å². The van der Waals surface area contributed by atoms with Gasteiger partial charge in [-0.3, -0.25) is 9.80 Å². The fraction of sp³-hybridized carbons (Fsp3) is 0.279. The lowest BCUT2D eigenvalue weighted by atomic mass is 9.99. The van der Waals surface area contributed by atoms with Gasteiger partial charge in [-0.25, -0.2) is 4.79 Å². The number of piperazine rings is 1. The van der Waals surface area contributed by atoms with Crippen molar-refractivity contribution >= 4 is 11.7 Å². The van der Waals surface area contributed by atoms with Crippen LogP contribution in [0.1, 0.15) is 29.5 Å². The Morgan fingerprint density at radius 2 is 1.26 bits per heavy atom. The molecule has 2 aliphatic heterocycles.